The third-order valence-corrected chi connectivity index (χ3v) is 13.6. The predicted octanol–water partition coefficient (Wildman–Crippen LogP) is 2.46. The summed E-state index contributed by atoms with van der Waals surface area (Å²) in [5.41, 5.74) is -7.55. The smallest absolute Gasteiger partial charge is 0.338 e. The second-order valence-electron chi connectivity index (χ2n) is 17.8. The third kappa shape index (κ3) is 7.54. The van der Waals surface area contributed by atoms with Crippen LogP contribution >= 0.6 is 0 Å². The van der Waals surface area contributed by atoms with E-state index in [0.29, 0.717) is 0 Å². The molecule has 2 saturated carbocycles. The molecule has 2 aromatic rings. The molecule has 2 saturated heterocycles. The second-order valence-corrected chi connectivity index (χ2v) is 17.8. The minimum absolute atomic E-state index is 0.0321. The highest BCUT2D eigenvalue weighted by Gasteiger charge is 2.78. The van der Waals surface area contributed by atoms with Crippen molar-refractivity contribution in [3.63, 3.8) is 0 Å². The number of benzene rings is 2. The van der Waals surface area contributed by atoms with Gasteiger partial charge in [-0.2, -0.15) is 4.89 Å². The molecule has 5 aliphatic rings. The summed E-state index contributed by atoms with van der Waals surface area (Å²) in [7, 11) is 0. The molecule has 340 valence electrons. The van der Waals surface area contributed by atoms with Crippen LogP contribution in [0.2, 0.25) is 0 Å². The van der Waals surface area contributed by atoms with Crippen LogP contribution in [0.25, 0.3) is 0 Å². The van der Waals surface area contributed by atoms with Gasteiger partial charge < -0.3 is 49.1 Å². The van der Waals surface area contributed by atoms with E-state index in [0.717, 1.165) is 13.8 Å². The molecule has 2 aliphatic heterocycles. The van der Waals surface area contributed by atoms with Crippen molar-refractivity contribution in [2.24, 2.45) is 16.7 Å². The predicted molar refractivity (Wildman–Crippen MR) is 213 cm³/mol. The van der Waals surface area contributed by atoms with Gasteiger partial charge in [0.15, 0.2) is 29.9 Å². The molecule has 3 aliphatic carbocycles. The Morgan fingerprint density at radius 1 is 0.905 bits per heavy atom. The average Bonchev–Trinajstić information content (AvgIpc) is 3.59. The largest absolute Gasteiger partial charge is 0.456 e. The molecule has 13 atom stereocenters. The first-order valence-electron chi connectivity index (χ1n) is 20.7. The van der Waals surface area contributed by atoms with E-state index in [4.69, 9.17) is 38.2 Å². The van der Waals surface area contributed by atoms with Gasteiger partial charge in [0.2, 0.25) is 0 Å². The Bertz CT molecular complexity index is 2200. The summed E-state index contributed by atoms with van der Waals surface area (Å²) in [4.78, 5) is 93.7. The SMILES string of the molecule is CC(=O)O[C@H]1C(=O)[C@@]2(C)C([C@H](OC(=O)c3ccccc3)[C@]3(O)C[C@H](OC(=O)[C@H](O)[C@@H](NC(=O)C4(C)OOC(C)O4)c4ccccc4)C(C)=C1C3(C)C)[C@]1(OC(C)=O)CO[C@@H]1C[C@@H]2O. The molecule has 0 spiro atoms. The molecule has 1 amide bonds. The molecule has 4 N–H and O–H groups in total. The van der Waals surface area contributed by atoms with Crippen LogP contribution in [0.3, 0.4) is 0 Å². The van der Waals surface area contributed by atoms with Gasteiger partial charge in [-0.3, -0.25) is 19.2 Å². The maximum Gasteiger partial charge on any atom is 0.338 e. The number of aliphatic hydroxyl groups is 3. The molecule has 18 nitrogen and oxygen atoms in total. The minimum Gasteiger partial charge on any atom is -0.456 e. The number of carbonyl (C=O) groups is 6. The number of Topliss-reactive ketones (excluding diaryl/α,β-unsaturated/α-hetero) is 1. The Balaban J connectivity index is 1.38. The average molecular weight is 880 g/mol. The van der Waals surface area contributed by atoms with Crippen LogP contribution in [0.15, 0.2) is 71.8 Å². The molecule has 18 heteroatoms. The molecule has 2 aromatic carbocycles. The topological polar surface area (TPSA) is 249 Å². The van der Waals surface area contributed by atoms with Crippen LogP contribution in [0.1, 0.15) is 90.2 Å². The zero-order valence-corrected chi connectivity index (χ0v) is 36.1. The lowest BCUT2D eigenvalue weighted by molar-refractivity contribution is -0.346. The molecule has 0 aromatic heterocycles. The van der Waals surface area contributed by atoms with Gasteiger partial charge in [-0.05, 0) is 49.6 Å². The first-order chi connectivity index (χ1) is 29.5. The van der Waals surface area contributed by atoms with Crippen molar-refractivity contribution in [1.82, 2.24) is 5.32 Å². The maximum absolute atomic E-state index is 15.5. The van der Waals surface area contributed by atoms with E-state index in [9.17, 15) is 39.3 Å². The summed E-state index contributed by atoms with van der Waals surface area (Å²) in [6.45, 7) is 10.6. The number of nitrogens with one attached hydrogen (secondary N) is 1. The van der Waals surface area contributed by atoms with E-state index in [2.05, 4.69) is 5.32 Å². The van der Waals surface area contributed by atoms with Crippen LogP contribution < -0.4 is 5.32 Å². The number of aliphatic hydroxyl groups excluding tert-OH is 2. The van der Waals surface area contributed by atoms with Gasteiger partial charge in [0, 0.05) is 39.0 Å². The first kappa shape index (κ1) is 45.9. The van der Waals surface area contributed by atoms with E-state index >= 15 is 4.79 Å². The van der Waals surface area contributed by atoms with Gasteiger partial charge in [0.05, 0.1) is 35.6 Å². The second kappa shape index (κ2) is 16.5. The molecular weight excluding hydrogens is 826 g/mol. The highest BCUT2D eigenvalue weighted by Crippen LogP contribution is 2.64. The zero-order chi connectivity index (χ0) is 46.0. The summed E-state index contributed by atoms with van der Waals surface area (Å²) < 4.78 is 35.7. The summed E-state index contributed by atoms with van der Waals surface area (Å²) in [5.74, 6) is -9.29. The third-order valence-electron chi connectivity index (χ3n) is 13.6. The van der Waals surface area contributed by atoms with Crippen molar-refractivity contribution in [2.75, 3.05) is 6.61 Å². The van der Waals surface area contributed by atoms with Gasteiger partial charge >= 0.3 is 23.9 Å². The van der Waals surface area contributed by atoms with Crippen LogP contribution in [0.4, 0.5) is 0 Å². The van der Waals surface area contributed by atoms with Crippen LogP contribution in [-0.2, 0) is 62.2 Å². The number of hydrogen-bond donors (Lipinski definition) is 4. The lowest BCUT2D eigenvalue weighted by Gasteiger charge is -2.67. The Hall–Kier alpha value is -5.08. The molecule has 2 heterocycles. The number of carbonyl (C=O) groups excluding carboxylic acids is 6. The lowest BCUT2D eigenvalue weighted by Crippen LogP contribution is -2.82. The summed E-state index contributed by atoms with van der Waals surface area (Å²) in [6, 6.07) is 14.3. The molecule has 0 radical (unpaired) electrons. The minimum atomic E-state index is -2.42. The van der Waals surface area contributed by atoms with Crippen molar-refractivity contribution in [1.29, 1.82) is 0 Å². The monoisotopic (exact) mass is 879 g/mol. The number of ether oxygens (including phenoxy) is 6. The van der Waals surface area contributed by atoms with E-state index in [-0.39, 0.29) is 35.3 Å². The van der Waals surface area contributed by atoms with Crippen molar-refractivity contribution in [3.8, 4) is 0 Å². The van der Waals surface area contributed by atoms with Gasteiger partial charge in [-0.1, -0.05) is 62.4 Å². The van der Waals surface area contributed by atoms with Gasteiger partial charge in [-0.15, -0.1) is 0 Å². The number of amides is 1. The highest BCUT2D eigenvalue weighted by atomic mass is 17.3. The molecule has 7 rings (SSSR count). The molecule has 4 fully saturated rings. The molecule has 3 unspecified atom stereocenters. The van der Waals surface area contributed by atoms with Crippen molar-refractivity contribution >= 4 is 35.6 Å². The quantitative estimate of drug-likeness (QED) is 0.116. The van der Waals surface area contributed by atoms with E-state index in [1.807, 2.05) is 0 Å². The normalized spacial score (nSPS) is 36.4. The standard InChI is InChI=1S/C45H53NO17/c1-22-28(58-39(53)33(50)32(26-15-11-9-12-16-26)46-40(54)43(8)61-25(4)62-63-43)20-45(55)37(59-38(52)27-17-13-10-14-18-27)35-42(7,29(49)19-30-44(35,21-56-30)60-24(3)48)36(51)34(57-23(2)47)31(22)41(45,5)6/h9-18,25,28-30,32-35,37,49-50,55H,19-21H2,1-8H3,(H,46,54)/t25?,28-,29-,30+,32-,33+,34+,35?,37-,42+,43?,44-,45+/m0/s1. The first-order valence-corrected chi connectivity index (χ1v) is 20.7. The summed E-state index contributed by atoms with van der Waals surface area (Å²) >= 11 is 0. The summed E-state index contributed by atoms with van der Waals surface area (Å²) in [5, 5.41) is 40.1. The van der Waals surface area contributed by atoms with E-state index in [1.54, 1.807) is 62.4 Å². The Morgan fingerprint density at radius 2 is 1.54 bits per heavy atom. The number of hydrogen-bond acceptors (Lipinski definition) is 17. The molecule has 2 bridgehead atoms. The maximum atomic E-state index is 15.5. The van der Waals surface area contributed by atoms with E-state index in [1.165, 1.54) is 39.8 Å². The number of fused-ring (bicyclic) bond motifs is 5. The number of esters is 4. The fourth-order valence-corrected chi connectivity index (χ4v) is 10.2. The van der Waals surface area contributed by atoms with E-state index < -0.39 is 125 Å². The zero-order valence-electron chi connectivity index (χ0n) is 36.1. The van der Waals surface area contributed by atoms with Gasteiger partial charge in [0.1, 0.15) is 23.9 Å². The van der Waals surface area contributed by atoms with Gasteiger partial charge in [0.25, 0.3) is 11.7 Å². The van der Waals surface area contributed by atoms with Crippen LogP contribution in [-0.4, -0.2) is 117 Å². The summed E-state index contributed by atoms with van der Waals surface area (Å²) in [6.07, 6.45) is -11.7. The fraction of sp³-hybridized carbons (Fsp3) is 0.556. The van der Waals surface area contributed by atoms with Crippen LogP contribution in [0.5, 0.6) is 0 Å². The van der Waals surface area contributed by atoms with Crippen LogP contribution in [0, 0.1) is 16.7 Å². The fourth-order valence-electron chi connectivity index (χ4n) is 10.2. The Kier molecular flexibility index (Phi) is 12.0. The lowest BCUT2D eigenvalue weighted by atomic mass is 9.44. The Labute approximate surface area is 363 Å². The van der Waals surface area contributed by atoms with Crippen molar-refractivity contribution in [2.45, 2.75) is 134 Å². The highest BCUT2D eigenvalue weighted by molar-refractivity contribution is 5.95. The molecular formula is C45H53NO17. The molecule has 63 heavy (non-hydrogen) atoms. The number of rotatable bonds is 10. The number of ketones is 1. The van der Waals surface area contributed by atoms with Gasteiger partial charge in [-0.25, -0.2) is 14.5 Å². The van der Waals surface area contributed by atoms with Crippen molar-refractivity contribution in [3.05, 3.63) is 82.9 Å². The Morgan fingerprint density at radius 3 is 2.10 bits per heavy atom. The van der Waals surface area contributed by atoms with Crippen molar-refractivity contribution < 1.29 is 82.3 Å².